The van der Waals surface area contributed by atoms with Gasteiger partial charge in [0.1, 0.15) is 0 Å². The molecule has 2 saturated heterocycles. The van der Waals surface area contributed by atoms with E-state index in [4.69, 9.17) is 0 Å². The number of hydrogen-bond acceptors (Lipinski definition) is 2. The van der Waals surface area contributed by atoms with Gasteiger partial charge < -0.3 is 15.5 Å². The van der Waals surface area contributed by atoms with Crippen molar-refractivity contribution in [2.75, 3.05) is 0 Å². The number of benzene rings is 2. The minimum absolute atomic E-state index is 0.0198. The summed E-state index contributed by atoms with van der Waals surface area (Å²) in [5.41, 5.74) is 1.79. The van der Waals surface area contributed by atoms with Gasteiger partial charge in [0.15, 0.2) is 0 Å². The second-order valence-corrected chi connectivity index (χ2v) is 7.80. The first-order chi connectivity index (χ1) is 13.7. The molecule has 0 aliphatic carbocycles. The number of fused-ring (bicyclic) bond motifs is 2. The fourth-order valence-electron chi connectivity index (χ4n) is 4.55. The number of nitrogens with one attached hydrogen (secondary N) is 2. The molecule has 4 rings (SSSR count). The summed E-state index contributed by atoms with van der Waals surface area (Å²) >= 11 is 0. The van der Waals surface area contributed by atoms with Gasteiger partial charge in [-0.1, -0.05) is 48.5 Å². The third-order valence-corrected chi connectivity index (χ3v) is 5.87. The zero-order valence-electron chi connectivity index (χ0n) is 16.0. The van der Waals surface area contributed by atoms with Crippen molar-refractivity contribution in [3.8, 4) is 0 Å². The monoisotopic (exact) mass is 377 g/mol. The highest BCUT2D eigenvalue weighted by Crippen LogP contribution is 2.34. The van der Waals surface area contributed by atoms with Crippen LogP contribution in [0.2, 0.25) is 0 Å². The van der Waals surface area contributed by atoms with Crippen LogP contribution < -0.4 is 10.6 Å². The Morgan fingerprint density at radius 2 is 1.50 bits per heavy atom. The molecule has 0 saturated carbocycles. The predicted molar refractivity (Wildman–Crippen MR) is 109 cm³/mol. The summed E-state index contributed by atoms with van der Waals surface area (Å²) in [6.07, 6.45) is 4.82. The van der Waals surface area contributed by atoms with Crippen molar-refractivity contribution >= 4 is 11.9 Å². The summed E-state index contributed by atoms with van der Waals surface area (Å²) in [5.74, 6) is -0.0225. The fourth-order valence-corrected chi connectivity index (χ4v) is 4.55. The van der Waals surface area contributed by atoms with Crippen LogP contribution in [0.4, 0.5) is 4.79 Å². The fraction of sp³-hybridized carbons (Fsp3) is 0.391. The molecule has 2 bridgehead atoms. The van der Waals surface area contributed by atoms with Crippen LogP contribution in [-0.2, 0) is 6.54 Å². The molecular weight excluding hydrogens is 350 g/mol. The van der Waals surface area contributed by atoms with Gasteiger partial charge in [-0.2, -0.15) is 0 Å². The molecule has 3 atom stereocenters. The number of hydrogen-bond donors (Lipinski definition) is 2. The average Bonchev–Trinajstić information content (AvgIpc) is 2.73. The number of rotatable bonds is 4. The molecule has 2 aliphatic rings. The standard InChI is InChI=1S/C23H27N3O2/c27-22(18-10-5-2-6-11-18)25-19-14-20-12-7-13-21(15-19)26(20)23(28)24-16-17-8-3-1-4-9-17/h1-6,8-11,19-21H,7,12-16H2,(H,24,28)(H,25,27)/t19?,20-,21+. The number of piperidine rings is 2. The van der Waals surface area contributed by atoms with Gasteiger partial charge in [0.25, 0.3) is 5.91 Å². The molecule has 3 amide bonds. The molecule has 5 heteroatoms. The largest absolute Gasteiger partial charge is 0.349 e. The molecule has 146 valence electrons. The summed E-state index contributed by atoms with van der Waals surface area (Å²) in [6, 6.07) is 19.9. The molecule has 2 fully saturated rings. The quantitative estimate of drug-likeness (QED) is 0.853. The van der Waals surface area contributed by atoms with E-state index in [0.717, 1.165) is 37.7 Å². The lowest BCUT2D eigenvalue weighted by Gasteiger charge is -2.48. The van der Waals surface area contributed by atoms with Crippen LogP contribution in [0.5, 0.6) is 0 Å². The van der Waals surface area contributed by atoms with Gasteiger partial charge in [0.05, 0.1) is 0 Å². The molecule has 28 heavy (non-hydrogen) atoms. The maximum absolute atomic E-state index is 12.9. The normalized spacial score (nSPS) is 23.7. The van der Waals surface area contributed by atoms with Crippen LogP contribution in [0.1, 0.15) is 48.0 Å². The molecule has 2 aromatic carbocycles. The SMILES string of the molecule is O=C(NC1C[C@H]2CCC[C@@H](C1)N2C(=O)NCc1ccccc1)c1ccccc1. The number of amides is 3. The maximum atomic E-state index is 12.9. The Bertz CT molecular complexity index is 795. The third kappa shape index (κ3) is 4.19. The molecule has 0 radical (unpaired) electrons. The smallest absolute Gasteiger partial charge is 0.318 e. The molecule has 2 N–H and O–H groups in total. The van der Waals surface area contributed by atoms with Crippen LogP contribution in [0.25, 0.3) is 0 Å². The molecule has 0 spiro atoms. The number of carbonyl (C=O) groups is 2. The van der Waals surface area contributed by atoms with Gasteiger partial charge in [-0.05, 0) is 49.8 Å². The van der Waals surface area contributed by atoms with E-state index in [-0.39, 0.29) is 30.1 Å². The second kappa shape index (κ2) is 8.46. The zero-order valence-corrected chi connectivity index (χ0v) is 16.0. The Balaban J connectivity index is 1.36. The van der Waals surface area contributed by atoms with Crippen LogP contribution in [-0.4, -0.2) is 35.0 Å². The number of nitrogens with zero attached hydrogens (tertiary/aromatic N) is 1. The zero-order chi connectivity index (χ0) is 19.3. The Morgan fingerprint density at radius 3 is 2.14 bits per heavy atom. The summed E-state index contributed by atoms with van der Waals surface area (Å²) in [6.45, 7) is 0.545. The highest BCUT2D eigenvalue weighted by molar-refractivity contribution is 5.94. The minimum atomic E-state index is -0.0225. The lowest BCUT2D eigenvalue weighted by atomic mass is 9.82. The van der Waals surface area contributed by atoms with Crippen LogP contribution >= 0.6 is 0 Å². The van der Waals surface area contributed by atoms with Gasteiger partial charge in [-0.25, -0.2) is 4.79 Å². The van der Waals surface area contributed by atoms with Crippen molar-refractivity contribution in [3.63, 3.8) is 0 Å². The summed E-state index contributed by atoms with van der Waals surface area (Å²) < 4.78 is 0. The second-order valence-electron chi connectivity index (χ2n) is 7.80. The van der Waals surface area contributed by atoms with Crippen LogP contribution in [0.3, 0.4) is 0 Å². The average molecular weight is 377 g/mol. The number of urea groups is 1. The van der Waals surface area contributed by atoms with Gasteiger partial charge in [-0.15, -0.1) is 0 Å². The van der Waals surface area contributed by atoms with E-state index in [2.05, 4.69) is 10.6 Å². The highest BCUT2D eigenvalue weighted by Gasteiger charge is 2.41. The third-order valence-electron chi connectivity index (χ3n) is 5.87. The summed E-state index contributed by atoms with van der Waals surface area (Å²) in [4.78, 5) is 27.4. The summed E-state index contributed by atoms with van der Waals surface area (Å²) in [5, 5.41) is 6.26. The topological polar surface area (TPSA) is 61.4 Å². The van der Waals surface area contributed by atoms with Gasteiger partial charge in [0, 0.05) is 30.2 Å². The Labute approximate surface area is 166 Å². The van der Waals surface area contributed by atoms with E-state index in [1.54, 1.807) is 0 Å². The first-order valence-electron chi connectivity index (χ1n) is 10.2. The molecule has 1 unspecified atom stereocenters. The van der Waals surface area contributed by atoms with Crippen molar-refractivity contribution in [1.29, 1.82) is 0 Å². The van der Waals surface area contributed by atoms with Crippen LogP contribution in [0.15, 0.2) is 60.7 Å². The molecule has 2 aromatic rings. The Hall–Kier alpha value is -2.82. The van der Waals surface area contributed by atoms with Gasteiger partial charge in [0.2, 0.25) is 0 Å². The first-order valence-corrected chi connectivity index (χ1v) is 10.2. The summed E-state index contributed by atoms with van der Waals surface area (Å²) in [7, 11) is 0. The molecule has 0 aromatic heterocycles. The molecule has 2 heterocycles. The van der Waals surface area contributed by atoms with Crippen LogP contribution in [0, 0.1) is 0 Å². The van der Waals surface area contributed by atoms with E-state index in [0.29, 0.717) is 12.1 Å². The lowest BCUT2D eigenvalue weighted by molar-refractivity contribution is 0.0522. The molecule has 5 nitrogen and oxygen atoms in total. The maximum Gasteiger partial charge on any atom is 0.318 e. The van der Waals surface area contributed by atoms with E-state index in [1.807, 2.05) is 65.6 Å². The Kier molecular flexibility index (Phi) is 5.60. The van der Waals surface area contributed by atoms with Gasteiger partial charge >= 0.3 is 6.03 Å². The van der Waals surface area contributed by atoms with E-state index >= 15 is 0 Å². The van der Waals surface area contributed by atoms with E-state index in [9.17, 15) is 9.59 Å². The predicted octanol–water partition coefficient (Wildman–Crippen LogP) is 3.71. The minimum Gasteiger partial charge on any atom is -0.349 e. The molecular formula is C23H27N3O2. The van der Waals surface area contributed by atoms with Crippen molar-refractivity contribution in [2.24, 2.45) is 0 Å². The molecule has 2 aliphatic heterocycles. The number of carbonyl (C=O) groups excluding carboxylic acids is 2. The van der Waals surface area contributed by atoms with Crippen molar-refractivity contribution in [2.45, 2.75) is 56.8 Å². The van der Waals surface area contributed by atoms with E-state index < -0.39 is 0 Å². The van der Waals surface area contributed by atoms with E-state index in [1.165, 1.54) is 0 Å². The highest BCUT2D eigenvalue weighted by atomic mass is 16.2. The van der Waals surface area contributed by atoms with Crippen molar-refractivity contribution < 1.29 is 9.59 Å². The first kappa shape index (κ1) is 18.5. The lowest BCUT2D eigenvalue weighted by Crippen LogP contribution is -2.60. The van der Waals surface area contributed by atoms with Crippen molar-refractivity contribution in [3.05, 3.63) is 71.8 Å². The van der Waals surface area contributed by atoms with Crippen molar-refractivity contribution in [1.82, 2.24) is 15.5 Å². The Morgan fingerprint density at radius 1 is 0.893 bits per heavy atom. The van der Waals surface area contributed by atoms with Gasteiger partial charge in [-0.3, -0.25) is 4.79 Å².